The van der Waals surface area contributed by atoms with E-state index in [9.17, 15) is 4.79 Å². The van der Waals surface area contributed by atoms with Gasteiger partial charge in [0.25, 0.3) is 0 Å². The fourth-order valence-corrected chi connectivity index (χ4v) is 6.99. The van der Waals surface area contributed by atoms with Crippen molar-refractivity contribution >= 4 is 33.3 Å². The van der Waals surface area contributed by atoms with Gasteiger partial charge in [-0.15, -0.1) is 11.3 Å². The van der Waals surface area contributed by atoms with Gasteiger partial charge in [0.1, 0.15) is 16.5 Å². The fourth-order valence-electron chi connectivity index (χ4n) is 5.72. The van der Waals surface area contributed by atoms with Crippen molar-refractivity contribution in [2.45, 2.75) is 70.8 Å². The first kappa shape index (κ1) is 22.1. The summed E-state index contributed by atoms with van der Waals surface area (Å²) >= 11 is 1.88. The number of aromatic nitrogens is 2. The first-order valence-electron chi connectivity index (χ1n) is 12.6. The van der Waals surface area contributed by atoms with Gasteiger partial charge in [0.05, 0.1) is 11.9 Å². The van der Waals surface area contributed by atoms with Crippen molar-refractivity contribution in [3.05, 3.63) is 16.3 Å². The molecule has 1 saturated heterocycles. The molecule has 1 saturated carbocycles. The lowest BCUT2D eigenvalue weighted by Gasteiger charge is -2.36. The number of amides is 1. The Kier molecular flexibility index (Phi) is 6.65. The summed E-state index contributed by atoms with van der Waals surface area (Å²) in [6.45, 7) is 4.11. The number of thiophene rings is 1. The number of hydrogen-bond donors (Lipinski definition) is 0. The van der Waals surface area contributed by atoms with Crippen LogP contribution in [0, 0.1) is 5.92 Å². The number of anilines is 1. The predicted molar refractivity (Wildman–Crippen MR) is 131 cm³/mol. The molecule has 0 N–H and O–H groups in total. The van der Waals surface area contributed by atoms with E-state index in [4.69, 9.17) is 9.97 Å². The van der Waals surface area contributed by atoms with E-state index in [-0.39, 0.29) is 0 Å². The van der Waals surface area contributed by atoms with Gasteiger partial charge in [-0.25, -0.2) is 9.97 Å². The minimum atomic E-state index is 0.352. The summed E-state index contributed by atoms with van der Waals surface area (Å²) in [6, 6.07) is 0. The van der Waals surface area contributed by atoms with Gasteiger partial charge in [0.15, 0.2) is 0 Å². The lowest BCUT2D eigenvalue weighted by atomic mass is 9.97. The molecule has 1 amide bonds. The molecule has 5 rings (SSSR count). The van der Waals surface area contributed by atoms with Crippen molar-refractivity contribution in [1.29, 1.82) is 0 Å². The first-order chi connectivity index (χ1) is 15.6. The number of hydrogen-bond acceptors (Lipinski definition) is 6. The Morgan fingerprint density at radius 1 is 1.03 bits per heavy atom. The van der Waals surface area contributed by atoms with Crippen LogP contribution >= 0.6 is 11.3 Å². The van der Waals surface area contributed by atoms with Gasteiger partial charge >= 0.3 is 0 Å². The molecule has 2 aromatic heterocycles. The molecular weight excluding hydrogens is 418 g/mol. The summed E-state index contributed by atoms with van der Waals surface area (Å²) in [5.41, 5.74) is 1.50. The summed E-state index contributed by atoms with van der Waals surface area (Å²) in [5, 5.41) is 1.30. The summed E-state index contributed by atoms with van der Waals surface area (Å²) < 4.78 is 0. The van der Waals surface area contributed by atoms with Crippen LogP contribution in [0.4, 0.5) is 5.82 Å². The molecule has 0 aromatic carbocycles. The number of carbonyl (C=O) groups is 1. The molecule has 2 aliphatic carbocycles. The molecule has 32 heavy (non-hydrogen) atoms. The quantitative estimate of drug-likeness (QED) is 0.652. The third-order valence-electron chi connectivity index (χ3n) is 7.47. The van der Waals surface area contributed by atoms with Crippen molar-refractivity contribution in [3.8, 4) is 0 Å². The van der Waals surface area contributed by atoms with Gasteiger partial charge in [-0.1, -0.05) is 25.7 Å². The minimum absolute atomic E-state index is 0.352. The summed E-state index contributed by atoms with van der Waals surface area (Å²) in [4.78, 5) is 32.2. The lowest BCUT2D eigenvalue weighted by Crippen LogP contribution is -2.49. The van der Waals surface area contributed by atoms with Gasteiger partial charge in [-0.2, -0.15) is 0 Å². The zero-order valence-electron chi connectivity index (χ0n) is 19.7. The monoisotopic (exact) mass is 455 g/mol. The molecule has 0 bridgehead atoms. The molecule has 2 aromatic rings. The van der Waals surface area contributed by atoms with E-state index in [1.807, 2.05) is 11.3 Å². The van der Waals surface area contributed by atoms with Gasteiger partial charge in [0, 0.05) is 37.5 Å². The van der Waals surface area contributed by atoms with E-state index in [2.05, 4.69) is 28.8 Å². The number of nitrogens with zero attached hydrogens (tertiary/aromatic N) is 5. The van der Waals surface area contributed by atoms with Crippen LogP contribution in [0.1, 0.15) is 67.6 Å². The van der Waals surface area contributed by atoms with Gasteiger partial charge in [0.2, 0.25) is 5.91 Å². The van der Waals surface area contributed by atoms with Crippen LogP contribution in [0.3, 0.4) is 0 Å². The standard InChI is InChI=1S/C25H37N5OS/c1-28(2)17-21-26-24(23-19-9-5-6-10-20(19)32-25(23)27-21)30-15-13-29(14-16-30)22(31)12-11-18-7-3-4-8-18/h18H,3-17H2,1-2H3. The SMILES string of the molecule is CN(C)Cc1nc(N2CCN(C(=O)CCC3CCCC3)CC2)c2c3c(sc2n1)CCCC3. The molecule has 7 heteroatoms. The molecule has 1 aliphatic heterocycles. The Labute approximate surface area is 196 Å². The number of aryl methyl sites for hydroxylation is 2. The van der Waals surface area contributed by atoms with Gasteiger partial charge in [-0.3, -0.25) is 4.79 Å². The Morgan fingerprint density at radius 3 is 2.53 bits per heavy atom. The lowest BCUT2D eigenvalue weighted by molar-refractivity contribution is -0.131. The molecule has 2 fully saturated rings. The molecule has 0 radical (unpaired) electrons. The van der Waals surface area contributed by atoms with Crippen molar-refractivity contribution in [3.63, 3.8) is 0 Å². The highest BCUT2D eigenvalue weighted by Crippen LogP contribution is 2.40. The molecule has 0 atom stereocenters. The number of carbonyl (C=O) groups excluding carboxylic acids is 1. The molecule has 6 nitrogen and oxygen atoms in total. The van der Waals surface area contributed by atoms with Crippen LogP contribution < -0.4 is 4.90 Å². The molecule has 174 valence electrons. The topological polar surface area (TPSA) is 52.6 Å². The van der Waals surface area contributed by atoms with E-state index < -0.39 is 0 Å². The van der Waals surface area contributed by atoms with Crippen LogP contribution in [0.5, 0.6) is 0 Å². The van der Waals surface area contributed by atoms with Crippen molar-refractivity contribution < 1.29 is 4.79 Å². The van der Waals surface area contributed by atoms with Crippen LogP contribution in [-0.2, 0) is 24.2 Å². The Morgan fingerprint density at radius 2 is 1.78 bits per heavy atom. The Bertz CT molecular complexity index is 957. The summed E-state index contributed by atoms with van der Waals surface area (Å²) in [7, 11) is 4.14. The predicted octanol–water partition coefficient (Wildman–Crippen LogP) is 4.25. The average Bonchev–Trinajstić information content (AvgIpc) is 3.44. The molecule has 3 heterocycles. The number of rotatable bonds is 6. The van der Waals surface area contributed by atoms with Gasteiger partial charge in [-0.05, 0) is 57.7 Å². The highest BCUT2D eigenvalue weighted by atomic mass is 32.1. The number of piperazine rings is 1. The second kappa shape index (κ2) is 9.64. The first-order valence-corrected chi connectivity index (χ1v) is 13.4. The maximum absolute atomic E-state index is 12.8. The fraction of sp³-hybridized carbons (Fsp3) is 0.720. The summed E-state index contributed by atoms with van der Waals surface area (Å²) in [5.74, 6) is 3.16. The highest BCUT2D eigenvalue weighted by molar-refractivity contribution is 7.19. The summed E-state index contributed by atoms with van der Waals surface area (Å²) in [6.07, 6.45) is 12.1. The van der Waals surface area contributed by atoms with E-state index in [1.54, 1.807) is 0 Å². The molecule has 0 spiro atoms. The van der Waals surface area contributed by atoms with Crippen molar-refractivity contribution in [2.24, 2.45) is 5.92 Å². The Hall–Kier alpha value is -1.73. The normalized spacial score (nSPS) is 19.8. The second-order valence-electron chi connectivity index (χ2n) is 10.1. The van der Waals surface area contributed by atoms with Crippen LogP contribution in [0.2, 0.25) is 0 Å². The van der Waals surface area contributed by atoms with Crippen LogP contribution in [0.15, 0.2) is 0 Å². The van der Waals surface area contributed by atoms with Crippen molar-refractivity contribution in [1.82, 2.24) is 19.8 Å². The minimum Gasteiger partial charge on any atom is -0.352 e. The third-order valence-corrected chi connectivity index (χ3v) is 8.66. The van der Waals surface area contributed by atoms with E-state index in [0.29, 0.717) is 5.91 Å². The average molecular weight is 456 g/mol. The maximum Gasteiger partial charge on any atom is 0.222 e. The third kappa shape index (κ3) is 4.65. The zero-order valence-corrected chi connectivity index (χ0v) is 20.6. The smallest absolute Gasteiger partial charge is 0.222 e. The molecule has 0 unspecified atom stereocenters. The Balaban J connectivity index is 1.32. The van der Waals surface area contributed by atoms with Gasteiger partial charge < -0.3 is 14.7 Å². The molecular formula is C25H37N5OS. The van der Waals surface area contributed by atoms with E-state index >= 15 is 0 Å². The number of fused-ring (bicyclic) bond motifs is 3. The second-order valence-corrected chi connectivity index (χ2v) is 11.2. The van der Waals surface area contributed by atoms with Crippen LogP contribution in [0.25, 0.3) is 10.2 Å². The zero-order chi connectivity index (χ0) is 22.1. The molecule has 3 aliphatic rings. The maximum atomic E-state index is 12.8. The van der Waals surface area contributed by atoms with Crippen molar-refractivity contribution in [2.75, 3.05) is 45.2 Å². The largest absolute Gasteiger partial charge is 0.352 e. The van der Waals surface area contributed by atoms with E-state index in [1.165, 1.54) is 60.8 Å². The van der Waals surface area contributed by atoms with E-state index in [0.717, 1.165) is 74.4 Å². The van der Waals surface area contributed by atoms with Crippen LogP contribution in [-0.4, -0.2) is 65.9 Å². The highest BCUT2D eigenvalue weighted by Gasteiger charge is 2.28.